The van der Waals surface area contributed by atoms with Gasteiger partial charge in [-0.15, -0.1) is 0 Å². The molecule has 0 aliphatic heterocycles. The lowest BCUT2D eigenvalue weighted by Crippen LogP contribution is -2.33. The molecule has 0 spiro atoms. The second kappa shape index (κ2) is 7.41. The molecule has 1 fully saturated rings. The maximum Gasteiger partial charge on any atom is 0.119 e. The molecular formula is C23H26N2O3. The van der Waals surface area contributed by atoms with Crippen molar-refractivity contribution in [3.63, 3.8) is 0 Å². The molecule has 0 amide bonds. The molecule has 0 unspecified atom stereocenters. The second-order valence-electron chi connectivity index (χ2n) is 7.65. The Morgan fingerprint density at radius 2 is 1.68 bits per heavy atom. The van der Waals surface area contributed by atoms with E-state index in [9.17, 15) is 10.2 Å². The first-order valence-corrected chi connectivity index (χ1v) is 9.71. The van der Waals surface area contributed by atoms with Gasteiger partial charge in [0.1, 0.15) is 11.4 Å². The molecule has 1 saturated carbocycles. The summed E-state index contributed by atoms with van der Waals surface area (Å²) in [6.07, 6.45) is 1.88. The Morgan fingerprint density at radius 1 is 1.04 bits per heavy atom. The highest BCUT2D eigenvalue weighted by Gasteiger charge is 2.37. The molecular weight excluding hydrogens is 352 g/mol. The first-order chi connectivity index (χ1) is 13.5. The molecule has 0 atom stereocenters. The monoisotopic (exact) mass is 378 g/mol. The van der Waals surface area contributed by atoms with Gasteiger partial charge in [-0.1, -0.05) is 29.8 Å². The molecule has 0 saturated heterocycles. The van der Waals surface area contributed by atoms with Crippen LogP contribution >= 0.6 is 0 Å². The fourth-order valence-electron chi connectivity index (χ4n) is 3.79. The number of benzene rings is 2. The Bertz CT molecular complexity index is 937. The summed E-state index contributed by atoms with van der Waals surface area (Å²) in [6, 6.07) is 18.0. The van der Waals surface area contributed by atoms with E-state index in [1.807, 2.05) is 35.0 Å². The molecule has 2 aromatic carbocycles. The van der Waals surface area contributed by atoms with Crippen LogP contribution in [0.1, 0.15) is 36.9 Å². The van der Waals surface area contributed by atoms with Crippen LogP contribution in [-0.4, -0.2) is 33.2 Å². The molecule has 1 aliphatic rings. The third kappa shape index (κ3) is 3.55. The quantitative estimate of drug-likeness (QED) is 0.721. The van der Waals surface area contributed by atoms with Gasteiger partial charge in [0.2, 0.25) is 0 Å². The fourth-order valence-corrected chi connectivity index (χ4v) is 3.79. The highest BCUT2D eigenvalue weighted by Crippen LogP contribution is 2.38. The Balaban J connectivity index is 1.80. The Kier molecular flexibility index (Phi) is 4.96. The summed E-state index contributed by atoms with van der Waals surface area (Å²) < 4.78 is 7.14. The third-order valence-corrected chi connectivity index (χ3v) is 5.63. The first-order valence-electron chi connectivity index (χ1n) is 9.71. The summed E-state index contributed by atoms with van der Waals surface area (Å²) in [5.41, 5.74) is 3.72. The molecule has 4 rings (SSSR count). The largest absolute Gasteiger partial charge is 0.497 e. The number of hydrogen-bond donors (Lipinski definition) is 2. The van der Waals surface area contributed by atoms with Gasteiger partial charge < -0.3 is 14.9 Å². The normalized spacial score (nSPS) is 22.2. The topological polar surface area (TPSA) is 67.5 Å². The van der Waals surface area contributed by atoms with Crippen LogP contribution in [0.25, 0.3) is 16.9 Å². The lowest BCUT2D eigenvalue weighted by Gasteiger charge is -2.32. The lowest BCUT2D eigenvalue weighted by molar-refractivity contribution is -0.0393. The molecule has 3 aromatic rings. The predicted molar refractivity (Wildman–Crippen MR) is 109 cm³/mol. The van der Waals surface area contributed by atoms with E-state index in [4.69, 9.17) is 9.84 Å². The van der Waals surface area contributed by atoms with Crippen molar-refractivity contribution in [1.29, 1.82) is 0 Å². The first kappa shape index (κ1) is 18.7. The van der Waals surface area contributed by atoms with Crippen molar-refractivity contribution in [3.05, 3.63) is 65.9 Å². The van der Waals surface area contributed by atoms with E-state index in [2.05, 4.69) is 31.2 Å². The van der Waals surface area contributed by atoms with Gasteiger partial charge in [0.05, 0.1) is 30.3 Å². The van der Waals surface area contributed by atoms with E-state index < -0.39 is 5.60 Å². The predicted octanol–water partition coefficient (Wildman–Crippen LogP) is 3.98. The SMILES string of the molecule is COc1ccc(-n2nc([C@]3(O)CC[C@H](O)CC3)cc2-c2ccc(C)cc2)cc1. The van der Waals surface area contributed by atoms with E-state index in [0.717, 1.165) is 22.7 Å². The van der Waals surface area contributed by atoms with Crippen LogP contribution in [-0.2, 0) is 5.60 Å². The lowest BCUT2D eigenvalue weighted by atomic mass is 9.81. The maximum absolute atomic E-state index is 11.2. The number of aliphatic hydroxyl groups is 2. The second-order valence-corrected chi connectivity index (χ2v) is 7.65. The van der Waals surface area contributed by atoms with Crippen LogP contribution in [0, 0.1) is 6.92 Å². The standard InChI is InChI=1S/C23H26N2O3/c1-16-3-5-17(6-4-16)21-15-22(23(27)13-11-19(26)12-14-23)24-25(21)18-7-9-20(28-2)10-8-18/h3-10,15,19,26-27H,11-14H2,1-2H3/t19-,23-. The Hall–Kier alpha value is -2.63. The Labute approximate surface area is 165 Å². The number of nitrogens with zero attached hydrogens (tertiary/aromatic N) is 2. The zero-order valence-corrected chi connectivity index (χ0v) is 16.3. The summed E-state index contributed by atoms with van der Waals surface area (Å²) in [6.45, 7) is 2.06. The molecule has 146 valence electrons. The molecule has 5 heteroatoms. The van der Waals surface area contributed by atoms with Gasteiger partial charge in [-0.3, -0.25) is 0 Å². The van der Waals surface area contributed by atoms with Crippen molar-refractivity contribution in [2.75, 3.05) is 7.11 Å². The number of methoxy groups -OCH3 is 1. The summed E-state index contributed by atoms with van der Waals surface area (Å²) in [5.74, 6) is 0.785. The minimum atomic E-state index is -1.00. The highest BCUT2D eigenvalue weighted by atomic mass is 16.5. The van der Waals surface area contributed by atoms with Gasteiger partial charge in [-0.2, -0.15) is 5.10 Å². The average molecular weight is 378 g/mol. The third-order valence-electron chi connectivity index (χ3n) is 5.63. The minimum absolute atomic E-state index is 0.333. The van der Waals surface area contributed by atoms with Crippen LogP contribution in [0.4, 0.5) is 0 Å². The maximum atomic E-state index is 11.2. The van der Waals surface area contributed by atoms with E-state index in [0.29, 0.717) is 31.4 Å². The molecule has 5 nitrogen and oxygen atoms in total. The summed E-state index contributed by atoms with van der Waals surface area (Å²) in [4.78, 5) is 0. The van der Waals surface area contributed by atoms with Crippen LogP contribution in [0.5, 0.6) is 5.75 Å². The minimum Gasteiger partial charge on any atom is -0.497 e. The number of hydrogen-bond acceptors (Lipinski definition) is 4. The van der Waals surface area contributed by atoms with Crippen molar-refractivity contribution in [2.45, 2.75) is 44.3 Å². The van der Waals surface area contributed by atoms with E-state index in [1.165, 1.54) is 5.56 Å². The average Bonchev–Trinajstić information content (AvgIpc) is 3.17. The van der Waals surface area contributed by atoms with Crippen molar-refractivity contribution in [2.24, 2.45) is 0 Å². The molecule has 28 heavy (non-hydrogen) atoms. The number of ether oxygens (including phenoxy) is 1. The number of aliphatic hydroxyl groups excluding tert-OH is 1. The molecule has 1 aliphatic carbocycles. The Morgan fingerprint density at radius 3 is 2.29 bits per heavy atom. The van der Waals surface area contributed by atoms with E-state index in [-0.39, 0.29) is 6.10 Å². The zero-order chi connectivity index (χ0) is 19.7. The highest BCUT2D eigenvalue weighted by molar-refractivity contribution is 5.63. The zero-order valence-electron chi connectivity index (χ0n) is 16.3. The van der Waals surface area contributed by atoms with Crippen molar-refractivity contribution in [1.82, 2.24) is 9.78 Å². The molecule has 1 heterocycles. The molecule has 0 bridgehead atoms. The smallest absolute Gasteiger partial charge is 0.119 e. The number of aromatic nitrogens is 2. The van der Waals surface area contributed by atoms with Gasteiger partial charge in [0, 0.05) is 5.56 Å². The summed E-state index contributed by atoms with van der Waals surface area (Å²) in [7, 11) is 1.64. The van der Waals surface area contributed by atoms with Gasteiger partial charge >= 0.3 is 0 Å². The van der Waals surface area contributed by atoms with Gasteiger partial charge in [-0.05, 0) is 62.9 Å². The van der Waals surface area contributed by atoms with Crippen molar-refractivity contribution >= 4 is 0 Å². The van der Waals surface area contributed by atoms with Crippen LogP contribution in [0.3, 0.4) is 0 Å². The molecule has 1 aromatic heterocycles. The van der Waals surface area contributed by atoms with Gasteiger partial charge in [0.25, 0.3) is 0 Å². The van der Waals surface area contributed by atoms with Gasteiger partial charge in [0.15, 0.2) is 0 Å². The number of aryl methyl sites for hydroxylation is 1. The summed E-state index contributed by atoms with van der Waals surface area (Å²) >= 11 is 0. The summed E-state index contributed by atoms with van der Waals surface area (Å²) in [5, 5.41) is 25.8. The van der Waals surface area contributed by atoms with Crippen molar-refractivity contribution < 1.29 is 14.9 Å². The fraction of sp³-hybridized carbons (Fsp3) is 0.348. The molecule has 0 radical (unpaired) electrons. The molecule has 2 N–H and O–H groups in total. The number of rotatable bonds is 4. The van der Waals surface area contributed by atoms with Crippen LogP contribution in [0.15, 0.2) is 54.6 Å². The van der Waals surface area contributed by atoms with Crippen molar-refractivity contribution in [3.8, 4) is 22.7 Å². The van der Waals surface area contributed by atoms with E-state index in [1.54, 1.807) is 7.11 Å². The van der Waals surface area contributed by atoms with Crippen LogP contribution in [0.2, 0.25) is 0 Å². The van der Waals surface area contributed by atoms with Gasteiger partial charge in [-0.25, -0.2) is 4.68 Å². The van der Waals surface area contributed by atoms with Crippen LogP contribution < -0.4 is 4.74 Å². The van der Waals surface area contributed by atoms with E-state index >= 15 is 0 Å².